The van der Waals surface area contributed by atoms with Crippen LogP contribution >= 0.6 is 0 Å². The summed E-state index contributed by atoms with van der Waals surface area (Å²) in [6.07, 6.45) is 1.43. The second-order valence-corrected chi connectivity index (χ2v) is 5.88. The number of sulfonamides is 1. The first-order valence-corrected chi connectivity index (χ1v) is 7.20. The van der Waals surface area contributed by atoms with Crippen molar-refractivity contribution in [3.8, 4) is 0 Å². The van der Waals surface area contributed by atoms with E-state index in [-0.39, 0.29) is 16.6 Å². The Kier molecular flexibility index (Phi) is 5.12. The van der Waals surface area contributed by atoms with Crippen molar-refractivity contribution >= 4 is 15.8 Å². The Morgan fingerprint density at radius 1 is 1.61 bits per heavy atom. The molecule has 0 aliphatic carbocycles. The number of anilines is 1. The van der Waals surface area contributed by atoms with Crippen LogP contribution in [0.4, 0.5) is 5.82 Å². The average molecular weight is 276 g/mol. The van der Waals surface area contributed by atoms with E-state index in [9.17, 15) is 8.42 Å². The number of hydrogen-bond donors (Lipinski definition) is 2. The molecule has 7 nitrogen and oxygen atoms in total. The minimum absolute atomic E-state index is 0.0174. The van der Waals surface area contributed by atoms with E-state index in [2.05, 4.69) is 9.82 Å². The molecule has 0 spiro atoms. The zero-order chi connectivity index (χ0) is 13.8. The largest absolute Gasteiger partial charge is 0.384 e. The van der Waals surface area contributed by atoms with Crippen LogP contribution in [0.5, 0.6) is 0 Å². The van der Waals surface area contributed by atoms with Gasteiger partial charge in [-0.2, -0.15) is 5.10 Å². The summed E-state index contributed by atoms with van der Waals surface area (Å²) in [6.45, 7) is 5.11. The third-order valence-corrected chi connectivity index (χ3v) is 3.88. The Morgan fingerprint density at radius 2 is 2.28 bits per heavy atom. The molecule has 0 aliphatic heterocycles. The maximum absolute atomic E-state index is 12.0. The molecule has 1 unspecified atom stereocenters. The fourth-order valence-electron chi connectivity index (χ4n) is 1.46. The first kappa shape index (κ1) is 14.9. The summed E-state index contributed by atoms with van der Waals surface area (Å²) in [5.74, 6) is 0.107. The van der Waals surface area contributed by atoms with E-state index in [0.717, 1.165) is 0 Å². The van der Waals surface area contributed by atoms with Gasteiger partial charge >= 0.3 is 0 Å². The lowest BCUT2D eigenvalue weighted by atomic mass is 10.2. The number of ether oxygens (including phenoxy) is 1. The molecule has 1 heterocycles. The van der Waals surface area contributed by atoms with Crippen LogP contribution in [-0.2, 0) is 21.3 Å². The molecule has 8 heteroatoms. The summed E-state index contributed by atoms with van der Waals surface area (Å²) in [5, 5.41) is 3.91. The van der Waals surface area contributed by atoms with Crippen LogP contribution < -0.4 is 10.5 Å². The summed E-state index contributed by atoms with van der Waals surface area (Å²) in [7, 11) is -2.03. The van der Waals surface area contributed by atoms with Crippen LogP contribution in [0.2, 0.25) is 0 Å². The van der Waals surface area contributed by atoms with Crippen LogP contribution in [0.25, 0.3) is 0 Å². The Hall–Kier alpha value is -1.12. The number of aryl methyl sites for hydroxylation is 1. The van der Waals surface area contributed by atoms with Crippen molar-refractivity contribution in [1.29, 1.82) is 0 Å². The second-order valence-electron chi connectivity index (χ2n) is 4.15. The quantitative estimate of drug-likeness (QED) is 0.733. The molecule has 0 saturated heterocycles. The van der Waals surface area contributed by atoms with Gasteiger partial charge in [-0.25, -0.2) is 13.1 Å². The Balaban J connectivity index is 2.76. The molecule has 1 atom stereocenters. The highest BCUT2D eigenvalue weighted by Gasteiger charge is 2.21. The van der Waals surface area contributed by atoms with Crippen molar-refractivity contribution in [3.05, 3.63) is 6.20 Å². The number of nitrogens with zero attached hydrogens (tertiary/aromatic N) is 2. The van der Waals surface area contributed by atoms with Gasteiger partial charge in [0, 0.05) is 33.0 Å². The minimum atomic E-state index is -3.61. The lowest BCUT2D eigenvalue weighted by Crippen LogP contribution is -2.30. The normalized spacial score (nSPS) is 13.7. The van der Waals surface area contributed by atoms with Crippen molar-refractivity contribution in [3.63, 3.8) is 0 Å². The highest BCUT2D eigenvalue weighted by Crippen LogP contribution is 2.15. The van der Waals surface area contributed by atoms with Crippen molar-refractivity contribution in [1.82, 2.24) is 14.5 Å². The number of hydrogen-bond acceptors (Lipinski definition) is 5. The number of rotatable bonds is 7. The van der Waals surface area contributed by atoms with Crippen LogP contribution in [0.15, 0.2) is 11.1 Å². The minimum Gasteiger partial charge on any atom is -0.384 e. The molecule has 1 aromatic heterocycles. The van der Waals surface area contributed by atoms with Gasteiger partial charge in [-0.3, -0.25) is 4.68 Å². The SMILES string of the molecule is CCn1cc(S(=O)(=O)NCC(C)COC)c(N)n1. The number of aromatic nitrogens is 2. The van der Waals surface area contributed by atoms with E-state index in [1.165, 1.54) is 10.9 Å². The Labute approximate surface area is 107 Å². The topological polar surface area (TPSA) is 99.2 Å². The maximum atomic E-state index is 12.0. The molecule has 0 saturated carbocycles. The van der Waals surface area contributed by atoms with E-state index < -0.39 is 10.0 Å². The summed E-state index contributed by atoms with van der Waals surface area (Å²) >= 11 is 0. The van der Waals surface area contributed by atoms with E-state index in [1.54, 1.807) is 7.11 Å². The van der Waals surface area contributed by atoms with Crippen molar-refractivity contribution in [2.45, 2.75) is 25.3 Å². The average Bonchev–Trinajstić information content (AvgIpc) is 2.69. The number of nitrogens with two attached hydrogens (primary N) is 1. The number of nitrogen functional groups attached to an aromatic ring is 1. The molecule has 0 amide bonds. The monoisotopic (exact) mass is 276 g/mol. The van der Waals surface area contributed by atoms with Gasteiger partial charge in [0.25, 0.3) is 0 Å². The van der Waals surface area contributed by atoms with E-state index in [1.807, 2.05) is 13.8 Å². The maximum Gasteiger partial charge on any atom is 0.245 e. The van der Waals surface area contributed by atoms with E-state index >= 15 is 0 Å². The zero-order valence-electron chi connectivity index (χ0n) is 10.9. The molecule has 0 radical (unpaired) electrons. The standard InChI is InChI=1S/C10H20N4O3S/c1-4-14-6-9(10(11)13-14)18(15,16)12-5-8(2)7-17-3/h6,8,12H,4-5,7H2,1-3H3,(H2,11,13). The predicted octanol–water partition coefficient (Wildman–Crippen LogP) is 0.0460. The van der Waals surface area contributed by atoms with Gasteiger partial charge in [0.2, 0.25) is 10.0 Å². The van der Waals surface area contributed by atoms with Gasteiger partial charge in [-0.05, 0) is 12.8 Å². The molecule has 0 fully saturated rings. The van der Waals surface area contributed by atoms with Gasteiger partial charge in [-0.1, -0.05) is 6.92 Å². The Morgan fingerprint density at radius 3 is 2.78 bits per heavy atom. The third-order valence-electron chi connectivity index (χ3n) is 2.44. The van der Waals surface area contributed by atoms with E-state index in [0.29, 0.717) is 19.7 Å². The van der Waals surface area contributed by atoms with Crippen LogP contribution in [0, 0.1) is 5.92 Å². The predicted molar refractivity (Wildman–Crippen MR) is 68.5 cm³/mol. The van der Waals surface area contributed by atoms with Crippen molar-refractivity contribution < 1.29 is 13.2 Å². The van der Waals surface area contributed by atoms with Gasteiger partial charge in [0.05, 0.1) is 0 Å². The first-order valence-electron chi connectivity index (χ1n) is 5.72. The van der Waals surface area contributed by atoms with Crippen molar-refractivity contribution in [2.24, 2.45) is 5.92 Å². The lowest BCUT2D eigenvalue weighted by molar-refractivity contribution is 0.161. The second kappa shape index (κ2) is 6.17. The summed E-state index contributed by atoms with van der Waals surface area (Å²) in [5.41, 5.74) is 5.59. The molecule has 0 aliphatic rings. The first-order chi connectivity index (χ1) is 8.40. The van der Waals surface area contributed by atoms with Gasteiger partial charge in [-0.15, -0.1) is 0 Å². The molecular weight excluding hydrogens is 256 g/mol. The van der Waals surface area contributed by atoms with Gasteiger partial charge < -0.3 is 10.5 Å². The smallest absolute Gasteiger partial charge is 0.245 e. The molecule has 18 heavy (non-hydrogen) atoms. The molecule has 104 valence electrons. The summed E-state index contributed by atoms with van der Waals surface area (Å²) in [6, 6.07) is 0. The molecule has 3 N–H and O–H groups in total. The van der Waals surface area contributed by atoms with Gasteiger partial charge in [0.15, 0.2) is 5.82 Å². The summed E-state index contributed by atoms with van der Waals surface area (Å²) < 4.78 is 32.9. The molecule has 0 aromatic carbocycles. The Bertz CT molecular complexity index is 483. The third kappa shape index (κ3) is 3.69. The fourth-order valence-corrected chi connectivity index (χ4v) is 2.70. The summed E-state index contributed by atoms with van der Waals surface area (Å²) in [4.78, 5) is 0.0222. The van der Waals surface area contributed by atoms with Crippen molar-refractivity contribution in [2.75, 3.05) is 26.0 Å². The lowest BCUT2D eigenvalue weighted by Gasteiger charge is -2.11. The van der Waals surface area contributed by atoms with Crippen LogP contribution in [0.1, 0.15) is 13.8 Å². The number of nitrogens with one attached hydrogen (secondary N) is 1. The molecule has 1 rings (SSSR count). The molecular formula is C10H20N4O3S. The zero-order valence-corrected chi connectivity index (χ0v) is 11.7. The van der Waals surface area contributed by atoms with Gasteiger partial charge in [0.1, 0.15) is 4.90 Å². The van der Waals surface area contributed by atoms with E-state index in [4.69, 9.17) is 10.5 Å². The van der Waals surface area contributed by atoms with Crippen LogP contribution in [-0.4, -0.2) is 38.5 Å². The highest BCUT2D eigenvalue weighted by atomic mass is 32.2. The fraction of sp³-hybridized carbons (Fsp3) is 0.700. The molecule has 0 bridgehead atoms. The number of methoxy groups -OCH3 is 1. The van der Waals surface area contributed by atoms with Crippen LogP contribution in [0.3, 0.4) is 0 Å². The highest BCUT2D eigenvalue weighted by molar-refractivity contribution is 7.89. The molecule has 1 aromatic rings.